The molecule has 1 heterocycles. The Morgan fingerprint density at radius 3 is 2.54 bits per heavy atom. The summed E-state index contributed by atoms with van der Waals surface area (Å²) in [5.41, 5.74) is 4.35. The summed E-state index contributed by atoms with van der Waals surface area (Å²) in [5, 5.41) is 10.5. The Morgan fingerprint density at radius 2 is 1.81 bits per heavy atom. The molecule has 1 atom stereocenters. The SMILES string of the molecule is Cc1ccc(C#Cc2ccc3oc4c(c3c2)CC[C@@](C)(C(=O)O)C4)cc1. The molecule has 2 aromatic carbocycles. The Kier molecular flexibility index (Phi) is 3.85. The highest BCUT2D eigenvalue weighted by Crippen LogP contribution is 2.40. The van der Waals surface area contributed by atoms with Crippen molar-refractivity contribution < 1.29 is 14.3 Å². The van der Waals surface area contributed by atoms with Crippen LogP contribution in [-0.4, -0.2) is 11.1 Å². The van der Waals surface area contributed by atoms with Crippen LogP contribution in [0.5, 0.6) is 0 Å². The molecule has 3 heteroatoms. The molecule has 0 bridgehead atoms. The number of hydrogen-bond donors (Lipinski definition) is 1. The van der Waals surface area contributed by atoms with E-state index in [2.05, 4.69) is 37.0 Å². The van der Waals surface area contributed by atoms with Crippen molar-refractivity contribution in [3.8, 4) is 11.8 Å². The van der Waals surface area contributed by atoms with Gasteiger partial charge in [-0.3, -0.25) is 4.79 Å². The Hall–Kier alpha value is -2.99. The number of carbonyl (C=O) groups is 1. The van der Waals surface area contributed by atoms with Gasteiger partial charge in [0.25, 0.3) is 0 Å². The van der Waals surface area contributed by atoms with E-state index in [0.717, 1.165) is 39.8 Å². The van der Waals surface area contributed by atoms with Crippen LogP contribution in [0.3, 0.4) is 0 Å². The Labute approximate surface area is 152 Å². The first-order valence-corrected chi connectivity index (χ1v) is 8.81. The summed E-state index contributed by atoms with van der Waals surface area (Å²) < 4.78 is 5.96. The summed E-state index contributed by atoms with van der Waals surface area (Å²) in [6, 6.07) is 14.1. The molecule has 1 aliphatic carbocycles. The van der Waals surface area contributed by atoms with E-state index in [4.69, 9.17) is 4.42 Å². The minimum Gasteiger partial charge on any atom is -0.481 e. The molecule has 0 fully saturated rings. The third-order valence-electron chi connectivity index (χ3n) is 5.27. The Bertz CT molecular complexity index is 1060. The van der Waals surface area contributed by atoms with Gasteiger partial charge in [-0.1, -0.05) is 29.5 Å². The maximum absolute atomic E-state index is 11.5. The van der Waals surface area contributed by atoms with Crippen LogP contribution < -0.4 is 0 Å². The van der Waals surface area contributed by atoms with Gasteiger partial charge in [-0.2, -0.15) is 0 Å². The first-order chi connectivity index (χ1) is 12.4. The number of carboxylic acid groups (broad SMARTS) is 1. The topological polar surface area (TPSA) is 50.4 Å². The van der Waals surface area contributed by atoms with E-state index in [9.17, 15) is 9.90 Å². The smallest absolute Gasteiger partial charge is 0.309 e. The fraction of sp³-hybridized carbons (Fsp3) is 0.261. The van der Waals surface area contributed by atoms with Gasteiger partial charge >= 0.3 is 5.97 Å². The quantitative estimate of drug-likeness (QED) is 0.650. The van der Waals surface area contributed by atoms with Crippen LogP contribution in [-0.2, 0) is 17.6 Å². The van der Waals surface area contributed by atoms with E-state index in [1.807, 2.05) is 24.3 Å². The van der Waals surface area contributed by atoms with Crippen LogP contribution in [0, 0.1) is 24.2 Å². The highest BCUT2D eigenvalue weighted by Gasteiger charge is 2.39. The summed E-state index contributed by atoms with van der Waals surface area (Å²) in [6.45, 7) is 3.85. The molecule has 3 aromatic rings. The van der Waals surface area contributed by atoms with E-state index in [0.29, 0.717) is 12.8 Å². The van der Waals surface area contributed by atoms with Crippen LogP contribution in [0.1, 0.15) is 41.4 Å². The fourth-order valence-corrected chi connectivity index (χ4v) is 3.50. The third-order valence-corrected chi connectivity index (χ3v) is 5.27. The standard InChI is InChI=1S/C23H20O3/c1-15-3-5-16(6-4-15)7-8-17-9-10-20-19(13-17)18-11-12-23(2,22(24)25)14-21(18)26-20/h3-6,9-10,13H,11-12,14H2,1-2H3,(H,24,25)/t23-/m1/s1. The molecule has 0 spiro atoms. The zero-order valence-electron chi connectivity index (χ0n) is 14.9. The average Bonchev–Trinajstić information content (AvgIpc) is 2.97. The first-order valence-electron chi connectivity index (χ1n) is 8.81. The van der Waals surface area contributed by atoms with Crippen molar-refractivity contribution in [2.75, 3.05) is 0 Å². The average molecular weight is 344 g/mol. The lowest BCUT2D eigenvalue weighted by molar-refractivity contribution is -0.148. The van der Waals surface area contributed by atoms with Gasteiger partial charge in [0.1, 0.15) is 11.3 Å². The van der Waals surface area contributed by atoms with Crippen LogP contribution in [0.4, 0.5) is 0 Å². The summed E-state index contributed by atoms with van der Waals surface area (Å²) >= 11 is 0. The largest absolute Gasteiger partial charge is 0.481 e. The predicted molar refractivity (Wildman–Crippen MR) is 101 cm³/mol. The summed E-state index contributed by atoms with van der Waals surface area (Å²) in [4.78, 5) is 11.5. The van der Waals surface area contributed by atoms with E-state index in [-0.39, 0.29) is 0 Å². The molecule has 1 N–H and O–H groups in total. The molecule has 0 aliphatic heterocycles. The maximum atomic E-state index is 11.5. The van der Waals surface area contributed by atoms with Crippen LogP contribution in [0.25, 0.3) is 11.0 Å². The predicted octanol–water partition coefficient (Wildman–Crippen LogP) is 4.72. The van der Waals surface area contributed by atoms with Crippen molar-refractivity contribution in [3.05, 3.63) is 70.5 Å². The van der Waals surface area contributed by atoms with E-state index in [1.54, 1.807) is 6.92 Å². The normalized spacial score (nSPS) is 18.8. The molecule has 0 radical (unpaired) electrons. The van der Waals surface area contributed by atoms with E-state index >= 15 is 0 Å². The van der Waals surface area contributed by atoms with Gasteiger partial charge in [0, 0.05) is 28.5 Å². The summed E-state index contributed by atoms with van der Waals surface area (Å²) in [5.74, 6) is 6.46. The molecule has 3 nitrogen and oxygen atoms in total. The van der Waals surface area contributed by atoms with Crippen molar-refractivity contribution in [2.24, 2.45) is 5.41 Å². The molecule has 1 aromatic heterocycles. The van der Waals surface area contributed by atoms with Crippen LogP contribution in [0.15, 0.2) is 46.9 Å². The lowest BCUT2D eigenvalue weighted by atomic mass is 9.75. The molecule has 26 heavy (non-hydrogen) atoms. The van der Waals surface area contributed by atoms with Crippen molar-refractivity contribution in [1.82, 2.24) is 0 Å². The Balaban J connectivity index is 1.69. The minimum atomic E-state index is -0.756. The van der Waals surface area contributed by atoms with Crippen molar-refractivity contribution in [1.29, 1.82) is 0 Å². The number of rotatable bonds is 1. The number of carboxylic acids is 1. The summed E-state index contributed by atoms with van der Waals surface area (Å²) in [7, 11) is 0. The molecular weight excluding hydrogens is 324 g/mol. The second-order valence-corrected chi connectivity index (χ2v) is 7.37. The fourth-order valence-electron chi connectivity index (χ4n) is 3.50. The number of aliphatic carboxylic acids is 1. The molecule has 1 aliphatic rings. The van der Waals surface area contributed by atoms with Crippen LogP contribution in [0.2, 0.25) is 0 Å². The Morgan fingerprint density at radius 1 is 1.12 bits per heavy atom. The zero-order valence-corrected chi connectivity index (χ0v) is 14.9. The van der Waals surface area contributed by atoms with Gasteiger partial charge in [-0.05, 0) is 57.0 Å². The highest BCUT2D eigenvalue weighted by atomic mass is 16.4. The second-order valence-electron chi connectivity index (χ2n) is 7.37. The number of benzene rings is 2. The first kappa shape index (κ1) is 16.5. The monoisotopic (exact) mass is 344 g/mol. The maximum Gasteiger partial charge on any atom is 0.309 e. The molecule has 4 rings (SSSR count). The van der Waals surface area contributed by atoms with Gasteiger partial charge in [0.2, 0.25) is 0 Å². The second kappa shape index (κ2) is 6.07. The minimum absolute atomic E-state index is 0.441. The number of aryl methyl sites for hydroxylation is 2. The molecule has 130 valence electrons. The molecular formula is C23H20O3. The van der Waals surface area contributed by atoms with Crippen molar-refractivity contribution >= 4 is 16.9 Å². The van der Waals surface area contributed by atoms with E-state index in [1.165, 1.54) is 5.56 Å². The van der Waals surface area contributed by atoms with Crippen molar-refractivity contribution in [2.45, 2.75) is 33.1 Å². The van der Waals surface area contributed by atoms with Gasteiger partial charge in [-0.15, -0.1) is 0 Å². The number of fused-ring (bicyclic) bond motifs is 3. The lowest BCUT2D eigenvalue weighted by Crippen LogP contribution is -2.33. The molecule has 0 saturated heterocycles. The van der Waals surface area contributed by atoms with Gasteiger partial charge in [0.05, 0.1) is 5.41 Å². The van der Waals surface area contributed by atoms with Gasteiger partial charge in [0.15, 0.2) is 0 Å². The van der Waals surface area contributed by atoms with Crippen molar-refractivity contribution in [3.63, 3.8) is 0 Å². The molecule has 0 amide bonds. The van der Waals surface area contributed by atoms with E-state index < -0.39 is 11.4 Å². The van der Waals surface area contributed by atoms with Gasteiger partial charge < -0.3 is 9.52 Å². The number of hydrogen-bond acceptors (Lipinski definition) is 2. The summed E-state index contributed by atoms with van der Waals surface area (Å²) in [6.07, 6.45) is 1.79. The zero-order chi connectivity index (χ0) is 18.3. The third kappa shape index (κ3) is 2.88. The molecule has 0 unspecified atom stereocenters. The van der Waals surface area contributed by atoms with Crippen LogP contribution >= 0.6 is 0 Å². The van der Waals surface area contributed by atoms with Gasteiger partial charge in [-0.25, -0.2) is 0 Å². The lowest BCUT2D eigenvalue weighted by Gasteiger charge is -2.28. The highest BCUT2D eigenvalue weighted by molar-refractivity contribution is 5.85. The molecule has 0 saturated carbocycles. The number of furan rings is 1.